The zero-order chi connectivity index (χ0) is 14.6. The highest BCUT2D eigenvalue weighted by Gasteiger charge is 2.01. The molecule has 0 heterocycles. The molecular weight excluding hydrogens is 252 g/mol. The number of rotatable bonds is 8. The third-order valence-electron chi connectivity index (χ3n) is 2.85. The Balaban J connectivity index is 2.13. The summed E-state index contributed by atoms with van der Waals surface area (Å²) in [6.07, 6.45) is 6.41. The van der Waals surface area contributed by atoms with Crippen LogP contribution in [0.3, 0.4) is 0 Å². The number of hydrogen-bond donors (Lipinski definition) is 1. The molecule has 20 heavy (non-hydrogen) atoms. The smallest absolute Gasteiger partial charge is 0.335 e. The lowest BCUT2D eigenvalue weighted by Crippen LogP contribution is -1.98. The van der Waals surface area contributed by atoms with Crippen LogP contribution in [0.25, 0.3) is 0 Å². The molecule has 3 heteroatoms. The third-order valence-corrected chi connectivity index (χ3v) is 2.85. The first kappa shape index (κ1) is 16.1. The lowest BCUT2D eigenvalue weighted by Gasteiger charge is -2.04. The highest BCUT2D eigenvalue weighted by Crippen LogP contribution is 2.12. The molecule has 1 aromatic carbocycles. The molecule has 108 valence electrons. The Morgan fingerprint density at radius 3 is 2.35 bits per heavy atom. The van der Waals surface area contributed by atoms with Crippen LogP contribution < -0.4 is 4.74 Å². The standard InChI is InChI=1S/C17H22O3/c1-2-3-4-5-6-7-8-9-14-20-16-12-10-15(11-13-16)17(18)19/h10-13H,2-5,8-9,14H2,1H3,(H,18,19). The van der Waals surface area contributed by atoms with Crippen LogP contribution in [0.5, 0.6) is 5.75 Å². The van der Waals surface area contributed by atoms with Crippen molar-refractivity contribution in [3.05, 3.63) is 29.8 Å². The van der Waals surface area contributed by atoms with Crippen LogP contribution in [0.2, 0.25) is 0 Å². The van der Waals surface area contributed by atoms with E-state index >= 15 is 0 Å². The minimum absolute atomic E-state index is 0.273. The Hall–Kier alpha value is -1.95. The fourth-order valence-corrected chi connectivity index (χ4v) is 1.68. The number of hydrogen-bond acceptors (Lipinski definition) is 2. The molecule has 0 saturated heterocycles. The summed E-state index contributed by atoms with van der Waals surface area (Å²) in [6.45, 7) is 2.80. The summed E-state index contributed by atoms with van der Waals surface area (Å²) in [5, 5.41) is 8.77. The summed E-state index contributed by atoms with van der Waals surface area (Å²) in [4.78, 5) is 10.7. The first-order chi connectivity index (χ1) is 9.74. The summed E-state index contributed by atoms with van der Waals surface area (Å²) in [7, 11) is 0. The van der Waals surface area contributed by atoms with E-state index in [0.717, 1.165) is 19.3 Å². The van der Waals surface area contributed by atoms with Crippen molar-refractivity contribution < 1.29 is 14.6 Å². The SMILES string of the molecule is CCCCCC#CCCCOc1ccc(C(=O)O)cc1. The number of aromatic carboxylic acids is 1. The predicted octanol–water partition coefficient (Wildman–Crippen LogP) is 4.13. The lowest BCUT2D eigenvalue weighted by atomic mass is 10.2. The zero-order valence-electron chi connectivity index (χ0n) is 12.0. The van der Waals surface area contributed by atoms with Crippen LogP contribution in [-0.4, -0.2) is 17.7 Å². The van der Waals surface area contributed by atoms with Crippen LogP contribution >= 0.6 is 0 Å². The summed E-state index contributed by atoms with van der Waals surface area (Å²) in [5.74, 6) is 6.09. The first-order valence-corrected chi connectivity index (χ1v) is 7.16. The van der Waals surface area contributed by atoms with E-state index < -0.39 is 5.97 Å². The summed E-state index contributed by atoms with van der Waals surface area (Å²) >= 11 is 0. The molecule has 0 spiro atoms. The van der Waals surface area contributed by atoms with Gasteiger partial charge in [0.25, 0.3) is 0 Å². The quantitative estimate of drug-likeness (QED) is 0.572. The number of benzene rings is 1. The average molecular weight is 274 g/mol. The monoisotopic (exact) mass is 274 g/mol. The van der Waals surface area contributed by atoms with Crippen LogP contribution in [0.1, 0.15) is 55.8 Å². The Kier molecular flexibility index (Phi) is 7.98. The van der Waals surface area contributed by atoms with Gasteiger partial charge in [0, 0.05) is 12.8 Å². The molecule has 1 N–H and O–H groups in total. The van der Waals surface area contributed by atoms with Gasteiger partial charge >= 0.3 is 5.97 Å². The van der Waals surface area contributed by atoms with Gasteiger partial charge in [0.05, 0.1) is 12.2 Å². The molecule has 1 aromatic rings. The number of carboxylic acid groups (broad SMARTS) is 1. The molecule has 0 fully saturated rings. The fraction of sp³-hybridized carbons (Fsp3) is 0.471. The van der Waals surface area contributed by atoms with E-state index in [1.165, 1.54) is 19.3 Å². The third kappa shape index (κ3) is 6.84. The molecule has 0 unspecified atom stereocenters. The zero-order valence-corrected chi connectivity index (χ0v) is 12.0. The van der Waals surface area contributed by atoms with Gasteiger partial charge in [-0.05, 0) is 37.1 Å². The van der Waals surface area contributed by atoms with E-state index in [-0.39, 0.29) is 5.56 Å². The van der Waals surface area contributed by atoms with Crippen molar-refractivity contribution >= 4 is 5.97 Å². The van der Waals surface area contributed by atoms with Gasteiger partial charge in [-0.2, -0.15) is 0 Å². The molecule has 0 amide bonds. The van der Waals surface area contributed by atoms with E-state index in [2.05, 4.69) is 18.8 Å². The molecule has 3 nitrogen and oxygen atoms in total. The molecule has 0 radical (unpaired) electrons. The Morgan fingerprint density at radius 2 is 1.75 bits per heavy atom. The maximum atomic E-state index is 10.7. The molecular formula is C17H22O3. The van der Waals surface area contributed by atoms with Gasteiger partial charge in [0.2, 0.25) is 0 Å². The second-order valence-electron chi connectivity index (χ2n) is 4.59. The van der Waals surface area contributed by atoms with Crippen LogP contribution in [-0.2, 0) is 0 Å². The van der Waals surface area contributed by atoms with Gasteiger partial charge in [-0.1, -0.05) is 19.8 Å². The molecule has 0 saturated carbocycles. The maximum absolute atomic E-state index is 10.7. The van der Waals surface area contributed by atoms with Gasteiger partial charge in [0.1, 0.15) is 5.75 Å². The molecule has 0 aliphatic rings. The fourth-order valence-electron chi connectivity index (χ4n) is 1.68. The number of carbonyl (C=O) groups is 1. The van der Waals surface area contributed by atoms with E-state index in [9.17, 15) is 4.79 Å². The van der Waals surface area contributed by atoms with Crippen molar-refractivity contribution in [3.63, 3.8) is 0 Å². The normalized spacial score (nSPS) is 9.65. The molecule has 0 aliphatic heterocycles. The number of ether oxygens (including phenoxy) is 1. The van der Waals surface area contributed by atoms with Gasteiger partial charge in [-0.15, -0.1) is 11.8 Å². The number of unbranched alkanes of at least 4 members (excludes halogenated alkanes) is 4. The van der Waals surface area contributed by atoms with Crippen LogP contribution in [0, 0.1) is 11.8 Å². The second kappa shape index (κ2) is 9.91. The van der Waals surface area contributed by atoms with Gasteiger partial charge < -0.3 is 9.84 Å². The predicted molar refractivity (Wildman–Crippen MR) is 80.0 cm³/mol. The maximum Gasteiger partial charge on any atom is 0.335 e. The van der Waals surface area contributed by atoms with Crippen molar-refractivity contribution in [1.29, 1.82) is 0 Å². The molecule has 0 bridgehead atoms. The van der Waals surface area contributed by atoms with Gasteiger partial charge in [0.15, 0.2) is 0 Å². The van der Waals surface area contributed by atoms with Crippen molar-refractivity contribution in [3.8, 4) is 17.6 Å². The van der Waals surface area contributed by atoms with Crippen LogP contribution in [0.15, 0.2) is 24.3 Å². The summed E-state index contributed by atoms with van der Waals surface area (Å²) in [6, 6.07) is 6.45. The van der Waals surface area contributed by atoms with Gasteiger partial charge in [-0.3, -0.25) is 0 Å². The molecule has 1 rings (SSSR count). The second-order valence-corrected chi connectivity index (χ2v) is 4.59. The highest BCUT2D eigenvalue weighted by atomic mass is 16.5. The molecule has 0 aliphatic carbocycles. The van der Waals surface area contributed by atoms with Crippen LogP contribution in [0.4, 0.5) is 0 Å². The molecule has 0 atom stereocenters. The molecule has 0 aromatic heterocycles. The highest BCUT2D eigenvalue weighted by molar-refractivity contribution is 5.87. The van der Waals surface area contributed by atoms with E-state index in [1.54, 1.807) is 24.3 Å². The minimum Gasteiger partial charge on any atom is -0.494 e. The average Bonchev–Trinajstić information content (AvgIpc) is 2.46. The van der Waals surface area contributed by atoms with E-state index in [4.69, 9.17) is 9.84 Å². The van der Waals surface area contributed by atoms with E-state index in [1.807, 2.05) is 0 Å². The summed E-state index contributed by atoms with van der Waals surface area (Å²) < 4.78 is 5.53. The minimum atomic E-state index is -0.921. The number of carboxylic acids is 1. The largest absolute Gasteiger partial charge is 0.494 e. The van der Waals surface area contributed by atoms with Crippen molar-refractivity contribution in [2.75, 3.05) is 6.61 Å². The van der Waals surface area contributed by atoms with Crippen molar-refractivity contribution in [1.82, 2.24) is 0 Å². The Labute approximate surface area is 121 Å². The van der Waals surface area contributed by atoms with Crippen molar-refractivity contribution in [2.45, 2.75) is 45.4 Å². The lowest BCUT2D eigenvalue weighted by molar-refractivity contribution is 0.0697. The Bertz CT molecular complexity index is 451. The topological polar surface area (TPSA) is 46.5 Å². The summed E-state index contributed by atoms with van der Waals surface area (Å²) in [5.41, 5.74) is 0.273. The van der Waals surface area contributed by atoms with E-state index in [0.29, 0.717) is 12.4 Å². The first-order valence-electron chi connectivity index (χ1n) is 7.16. The van der Waals surface area contributed by atoms with Crippen molar-refractivity contribution in [2.24, 2.45) is 0 Å². The van der Waals surface area contributed by atoms with Gasteiger partial charge in [-0.25, -0.2) is 4.79 Å². The Morgan fingerprint density at radius 1 is 1.10 bits per heavy atom.